The fourth-order valence-electron chi connectivity index (χ4n) is 0.885. The Morgan fingerprint density at radius 3 is 2.54 bits per heavy atom. The van der Waals surface area contributed by atoms with Gasteiger partial charge in [-0.25, -0.2) is 0 Å². The largest absolute Gasteiger partial charge is 0.426 e. The molecule has 0 aliphatic carbocycles. The van der Waals surface area contributed by atoms with Crippen LogP contribution in [0.15, 0.2) is 24.3 Å². The van der Waals surface area contributed by atoms with Crippen LogP contribution in [0.2, 0.25) is 0 Å². The molecule has 0 unspecified atom stereocenters. The van der Waals surface area contributed by atoms with E-state index in [4.69, 9.17) is 4.74 Å². The average molecular weight is 196 g/mol. The molecular formula is C10H12O2S. The minimum atomic E-state index is -0.198. The van der Waals surface area contributed by atoms with Crippen molar-refractivity contribution in [2.75, 3.05) is 12.0 Å². The van der Waals surface area contributed by atoms with Gasteiger partial charge in [0.05, 0.1) is 5.75 Å². The van der Waals surface area contributed by atoms with Crippen LogP contribution >= 0.6 is 11.8 Å². The Labute approximate surface area is 82.3 Å². The summed E-state index contributed by atoms with van der Waals surface area (Å²) in [6, 6.07) is 7.44. The Morgan fingerprint density at radius 2 is 2.00 bits per heavy atom. The number of carbonyl (C=O) groups excluding carboxylic acids is 1. The number of hydrogen-bond acceptors (Lipinski definition) is 3. The molecule has 0 bridgehead atoms. The molecule has 0 aliphatic rings. The molecular weight excluding hydrogens is 184 g/mol. The maximum absolute atomic E-state index is 11.1. The van der Waals surface area contributed by atoms with Crippen molar-refractivity contribution in [3.63, 3.8) is 0 Å². The molecule has 0 heterocycles. The van der Waals surface area contributed by atoms with Crippen LogP contribution in [0.3, 0.4) is 0 Å². The molecule has 13 heavy (non-hydrogen) atoms. The van der Waals surface area contributed by atoms with E-state index in [1.54, 1.807) is 12.1 Å². The Morgan fingerprint density at radius 1 is 1.38 bits per heavy atom. The molecule has 0 saturated heterocycles. The van der Waals surface area contributed by atoms with E-state index >= 15 is 0 Å². The van der Waals surface area contributed by atoms with Gasteiger partial charge in [-0.2, -0.15) is 11.8 Å². The first-order chi connectivity index (χ1) is 6.22. The summed E-state index contributed by atoms with van der Waals surface area (Å²) >= 11 is 1.46. The van der Waals surface area contributed by atoms with Crippen molar-refractivity contribution in [1.29, 1.82) is 0 Å². The zero-order chi connectivity index (χ0) is 9.68. The number of thioether (sulfide) groups is 1. The second kappa shape index (κ2) is 4.92. The third-order valence-corrected chi connectivity index (χ3v) is 2.04. The van der Waals surface area contributed by atoms with Gasteiger partial charge in [0.2, 0.25) is 0 Å². The summed E-state index contributed by atoms with van der Waals surface area (Å²) in [6.45, 7) is 1.99. The van der Waals surface area contributed by atoms with Crippen molar-refractivity contribution in [2.45, 2.75) is 6.92 Å². The zero-order valence-electron chi connectivity index (χ0n) is 7.74. The van der Waals surface area contributed by atoms with Gasteiger partial charge in [-0.3, -0.25) is 4.79 Å². The van der Waals surface area contributed by atoms with E-state index in [1.807, 2.05) is 25.3 Å². The molecule has 0 aliphatic heterocycles. The molecule has 0 N–H and O–H groups in total. The van der Waals surface area contributed by atoms with E-state index in [-0.39, 0.29) is 5.97 Å². The van der Waals surface area contributed by atoms with Gasteiger partial charge in [-0.1, -0.05) is 17.7 Å². The smallest absolute Gasteiger partial charge is 0.321 e. The van der Waals surface area contributed by atoms with Crippen molar-refractivity contribution in [3.8, 4) is 5.75 Å². The molecule has 0 spiro atoms. The van der Waals surface area contributed by atoms with E-state index < -0.39 is 0 Å². The van der Waals surface area contributed by atoms with Crippen molar-refractivity contribution in [3.05, 3.63) is 29.8 Å². The molecule has 0 aromatic heterocycles. The lowest BCUT2D eigenvalue weighted by atomic mass is 10.2. The Kier molecular flexibility index (Phi) is 3.83. The lowest BCUT2D eigenvalue weighted by Gasteiger charge is -2.02. The van der Waals surface area contributed by atoms with Crippen LogP contribution in [0, 0.1) is 6.92 Å². The van der Waals surface area contributed by atoms with Crippen LogP contribution < -0.4 is 4.74 Å². The van der Waals surface area contributed by atoms with Gasteiger partial charge in [0.1, 0.15) is 5.75 Å². The molecule has 0 fully saturated rings. The SMILES string of the molecule is CSCC(=O)Oc1ccc(C)cc1. The first-order valence-corrected chi connectivity index (χ1v) is 5.38. The van der Waals surface area contributed by atoms with Crippen molar-refractivity contribution >= 4 is 17.7 Å². The van der Waals surface area contributed by atoms with Crippen LogP contribution in [0.5, 0.6) is 5.75 Å². The van der Waals surface area contributed by atoms with E-state index in [2.05, 4.69) is 0 Å². The summed E-state index contributed by atoms with van der Waals surface area (Å²) in [7, 11) is 0. The summed E-state index contributed by atoms with van der Waals surface area (Å²) in [5, 5.41) is 0. The van der Waals surface area contributed by atoms with Gasteiger partial charge in [0, 0.05) is 0 Å². The van der Waals surface area contributed by atoms with Crippen LogP contribution in [0.1, 0.15) is 5.56 Å². The fraction of sp³-hybridized carbons (Fsp3) is 0.300. The van der Waals surface area contributed by atoms with E-state index in [0.717, 1.165) is 5.56 Å². The number of hydrogen-bond donors (Lipinski definition) is 0. The third-order valence-electron chi connectivity index (χ3n) is 1.51. The first kappa shape index (κ1) is 10.1. The summed E-state index contributed by atoms with van der Waals surface area (Å²) in [5.41, 5.74) is 1.16. The normalized spacial score (nSPS) is 9.69. The van der Waals surface area contributed by atoms with Crippen LogP contribution in [0.25, 0.3) is 0 Å². The maximum Gasteiger partial charge on any atom is 0.321 e. The summed E-state index contributed by atoms with van der Waals surface area (Å²) in [6.07, 6.45) is 1.87. The van der Waals surface area contributed by atoms with Gasteiger partial charge in [-0.05, 0) is 25.3 Å². The van der Waals surface area contributed by atoms with Gasteiger partial charge in [0.15, 0.2) is 0 Å². The molecule has 0 amide bonds. The average Bonchev–Trinajstić information content (AvgIpc) is 2.09. The Bertz CT molecular complexity index is 279. The minimum absolute atomic E-state index is 0.198. The Balaban J connectivity index is 2.54. The molecule has 0 atom stereocenters. The molecule has 1 aromatic carbocycles. The van der Waals surface area contributed by atoms with Gasteiger partial charge >= 0.3 is 5.97 Å². The van der Waals surface area contributed by atoms with E-state index in [1.165, 1.54) is 11.8 Å². The van der Waals surface area contributed by atoms with E-state index in [9.17, 15) is 4.79 Å². The highest BCUT2D eigenvalue weighted by Gasteiger charge is 2.02. The number of esters is 1. The standard InChI is InChI=1S/C10H12O2S/c1-8-3-5-9(6-4-8)12-10(11)7-13-2/h3-6H,7H2,1-2H3. The number of ether oxygens (including phenoxy) is 1. The quantitative estimate of drug-likeness (QED) is 0.548. The molecule has 1 rings (SSSR count). The zero-order valence-corrected chi connectivity index (χ0v) is 8.56. The monoisotopic (exact) mass is 196 g/mol. The predicted molar refractivity (Wildman–Crippen MR) is 55.2 cm³/mol. The van der Waals surface area contributed by atoms with Crippen LogP contribution in [-0.4, -0.2) is 18.0 Å². The second-order valence-electron chi connectivity index (χ2n) is 2.72. The lowest BCUT2D eigenvalue weighted by Crippen LogP contribution is -2.10. The third kappa shape index (κ3) is 3.51. The summed E-state index contributed by atoms with van der Waals surface area (Å²) in [4.78, 5) is 11.1. The second-order valence-corrected chi connectivity index (χ2v) is 3.59. The molecule has 3 heteroatoms. The van der Waals surface area contributed by atoms with Gasteiger partial charge in [-0.15, -0.1) is 0 Å². The molecule has 0 radical (unpaired) electrons. The highest BCUT2D eigenvalue weighted by Crippen LogP contribution is 2.11. The van der Waals surface area contributed by atoms with Gasteiger partial charge < -0.3 is 4.74 Å². The highest BCUT2D eigenvalue weighted by molar-refractivity contribution is 7.99. The summed E-state index contributed by atoms with van der Waals surface area (Å²) in [5.74, 6) is 0.814. The number of aryl methyl sites for hydroxylation is 1. The number of rotatable bonds is 3. The number of carbonyl (C=O) groups is 1. The first-order valence-electron chi connectivity index (χ1n) is 3.98. The molecule has 70 valence electrons. The van der Waals surface area contributed by atoms with Crippen molar-refractivity contribution in [1.82, 2.24) is 0 Å². The number of benzene rings is 1. The molecule has 1 aromatic rings. The van der Waals surface area contributed by atoms with Crippen molar-refractivity contribution < 1.29 is 9.53 Å². The fourth-order valence-corrected chi connectivity index (χ4v) is 1.18. The van der Waals surface area contributed by atoms with Crippen LogP contribution in [0.4, 0.5) is 0 Å². The highest BCUT2D eigenvalue weighted by atomic mass is 32.2. The molecule has 0 saturated carbocycles. The predicted octanol–water partition coefficient (Wildman–Crippen LogP) is 2.26. The lowest BCUT2D eigenvalue weighted by molar-refractivity contribution is -0.131. The molecule has 2 nitrogen and oxygen atoms in total. The summed E-state index contributed by atoms with van der Waals surface area (Å²) < 4.78 is 5.05. The van der Waals surface area contributed by atoms with Crippen LogP contribution in [-0.2, 0) is 4.79 Å². The minimum Gasteiger partial charge on any atom is -0.426 e. The van der Waals surface area contributed by atoms with Crippen molar-refractivity contribution in [2.24, 2.45) is 0 Å². The maximum atomic E-state index is 11.1. The topological polar surface area (TPSA) is 26.3 Å². The van der Waals surface area contributed by atoms with E-state index in [0.29, 0.717) is 11.5 Å². The van der Waals surface area contributed by atoms with Gasteiger partial charge in [0.25, 0.3) is 0 Å². The Hall–Kier alpha value is -0.960.